The molecule has 0 radical (unpaired) electrons. The highest BCUT2D eigenvalue weighted by molar-refractivity contribution is 5.78. The van der Waals surface area contributed by atoms with Gasteiger partial charge >= 0.3 is 0 Å². The van der Waals surface area contributed by atoms with Gasteiger partial charge in [0.15, 0.2) is 0 Å². The predicted octanol–water partition coefficient (Wildman–Crippen LogP) is 0.750. The Hall–Kier alpha value is -1.62. The standard InChI is InChI=1S/C9H10FN3O/c10-6-2-1-3-7-8(6)13(4-5-14)9(11)12-7/h1-3,14H,4-5H2,(H2,11,12). The van der Waals surface area contributed by atoms with Crippen LogP contribution in [0.4, 0.5) is 10.3 Å². The Balaban J connectivity index is 2.73. The largest absolute Gasteiger partial charge is 0.395 e. The Morgan fingerprint density at radius 2 is 2.29 bits per heavy atom. The first-order valence-electron chi connectivity index (χ1n) is 4.25. The molecule has 2 aromatic rings. The fraction of sp³-hybridized carbons (Fsp3) is 0.222. The van der Waals surface area contributed by atoms with Crippen LogP contribution < -0.4 is 5.73 Å². The Labute approximate surface area is 79.8 Å². The van der Waals surface area contributed by atoms with Gasteiger partial charge < -0.3 is 15.4 Å². The van der Waals surface area contributed by atoms with Crippen LogP contribution in [0.5, 0.6) is 0 Å². The van der Waals surface area contributed by atoms with Crippen molar-refractivity contribution in [3.8, 4) is 0 Å². The number of aliphatic hydroxyl groups is 1. The molecular formula is C9H10FN3O. The van der Waals surface area contributed by atoms with Gasteiger partial charge in [-0.15, -0.1) is 0 Å². The van der Waals surface area contributed by atoms with E-state index in [2.05, 4.69) is 4.98 Å². The van der Waals surface area contributed by atoms with Crippen molar-refractivity contribution in [2.45, 2.75) is 6.54 Å². The summed E-state index contributed by atoms with van der Waals surface area (Å²) >= 11 is 0. The maximum Gasteiger partial charge on any atom is 0.201 e. The van der Waals surface area contributed by atoms with E-state index in [0.717, 1.165) is 0 Å². The van der Waals surface area contributed by atoms with Gasteiger partial charge in [0.25, 0.3) is 0 Å². The fourth-order valence-corrected chi connectivity index (χ4v) is 1.49. The zero-order chi connectivity index (χ0) is 10.1. The van der Waals surface area contributed by atoms with Crippen LogP contribution in [0.25, 0.3) is 11.0 Å². The molecule has 0 amide bonds. The van der Waals surface area contributed by atoms with Crippen molar-refractivity contribution < 1.29 is 9.50 Å². The number of fused-ring (bicyclic) bond motifs is 1. The second kappa shape index (κ2) is 3.26. The van der Waals surface area contributed by atoms with E-state index in [-0.39, 0.29) is 24.9 Å². The van der Waals surface area contributed by atoms with Crippen LogP contribution in [0.15, 0.2) is 18.2 Å². The molecule has 0 aliphatic rings. The maximum absolute atomic E-state index is 13.4. The molecule has 0 saturated carbocycles. The normalized spacial score (nSPS) is 11.0. The molecule has 4 nitrogen and oxygen atoms in total. The van der Waals surface area contributed by atoms with Crippen LogP contribution in [0.2, 0.25) is 0 Å². The lowest BCUT2D eigenvalue weighted by atomic mass is 10.3. The number of nitrogen functional groups attached to an aromatic ring is 1. The first kappa shape index (κ1) is 8.96. The van der Waals surface area contributed by atoms with E-state index in [1.165, 1.54) is 10.6 Å². The third kappa shape index (κ3) is 1.22. The second-order valence-electron chi connectivity index (χ2n) is 2.95. The van der Waals surface area contributed by atoms with Crippen LogP contribution in [-0.4, -0.2) is 21.3 Å². The molecule has 0 unspecified atom stereocenters. The zero-order valence-electron chi connectivity index (χ0n) is 7.44. The lowest BCUT2D eigenvalue weighted by Gasteiger charge is -2.03. The minimum Gasteiger partial charge on any atom is -0.395 e. The molecule has 0 saturated heterocycles. The summed E-state index contributed by atoms with van der Waals surface area (Å²) in [6.07, 6.45) is 0. The molecule has 74 valence electrons. The molecule has 0 bridgehead atoms. The summed E-state index contributed by atoms with van der Waals surface area (Å²) in [7, 11) is 0. The van der Waals surface area contributed by atoms with Crippen LogP contribution in [0, 0.1) is 5.82 Å². The number of nitrogens with two attached hydrogens (primary N) is 1. The summed E-state index contributed by atoms with van der Waals surface area (Å²) in [5, 5.41) is 8.79. The van der Waals surface area contributed by atoms with Crippen LogP contribution in [0.3, 0.4) is 0 Å². The fourth-order valence-electron chi connectivity index (χ4n) is 1.49. The molecule has 0 atom stereocenters. The van der Waals surface area contributed by atoms with Gasteiger partial charge in [-0.05, 0) is 12.1 Å². The van der Waals surface area contributed by atoms with Crippen molar-refractivity contribution in [3.05, 3.63) is 24.0 Å². The second-order valence-corrected chi connectivity index (χ2v) is 2.95. The Bertz CT molecular complexity index is 466. The number of hydrogen-bond donors (Lipinski definition) is 2. The molecule has 0 aliphatic carbocycles. The van der Waals surface area contributed by atoms with Gasteiger partial charge in [0, 0.05) is 6.54 Å². The van der Waals surface area contributed by atoms with E-state index in [1.54, 1.807) is 12.1 Å². The highest BCUT2D eigenvalue weighted by atomic mass is 19.1. The van der Waals surface area contributed by atoms with Crippen LogP contribution >= 0.6 is 0 Å². The monoisotopic (exact) mass is 195 g/mol. The van der Waals surface area contributed by atoms with Gasteiger partial charge in [0.1, 0.15) is 11.3 Å². The SMILES string of the molecule is Nc1nc2cccc(F)c2n1CCO. The lowest BCUT2D eigenvalue weighted by molar-refractivity contribution is 0.278. The van der Waals surface area contributed by atoms with E-state index in [0.29, 0.717) is 11.0 Å². The highest BCUT2D eigenvalue weighted by Crippen LogP contribution is 2.20. The minimum atomic E-state index is -0.375. The Kier molecular flexibility index (Phi) is 2.09. The Morgan fingerprint density at radius 3 is 3.00 bits per heavy atom. The number of anilines is 1. The van der Waals surface area contributed by atoms with E-state index in [4.69, 9.17) is 10.8 Å². The average Bonchev–Trinajstić information content (AvgIpc) is 2.45. The van der Waals surface area contributed by atoms with Gasteiger partial charge in [-0.2, -0.15) is 0 Å². The topological polar surface area (TPSA) is 64.1 Å². The number of aromatic nitrogens is 2. The van der Waals surface area contributed by atoms with Gasteiger partial charge in [0.2, 0.25) is 5.95 Å². The molecule has 2 rings (SSSR count). The molecule has 0 fully saturated rings. The van der Waals surface area contributed by atoms with Gasteiger partial charge in [-0.3, -0.25) is 0 Å². The molecule has 0 aliphatic heterocycles. The zero-order valence-corrected chi connectivity index (χ0v) is 7.44. The summed E-state index contributed by atoms with van der Waals surface area (Å²) in [5.41, 5.74) is 6.44. The van der Waals surface area contributed by atoms with E-state index < -0.39 is 0 Å². The van der Waals surface area contributed by atoms with Crippen LogP contribution in [0.1, 0.15) is 0 Å². The molecule has 14 heavy (non-hydrogen) atoms. The number of imidazole rings is 1. The van der Waals surface area contributed by atoms with Crippen molar-refractivity contribution in [3.63, 3.8) is 0 Å². The predicted molar refractivity (Wildman–Crippen MR) is 51.2 cm³/mol. The van der Waals surface area contributed by atoms with Crippen molar-refractivity contribution in [1.29, 1.82) is 0 Å². The number of benzene rings is 1. The van der Waals surface area contributed by atoms with Crippen molar-refractivity contribution >= 4 is 17.0 Å². The number of para-hydroxylation sites is 1. The van der Waals surface area contributed by atoms with Crippen molar-refractivity contribution in [1.82, 2.24) is 9.55 Å². The maximum atomic E-state index is 13.4. The smallest absolute Gasteiger partial charge is 0.201 e. The van der Waals surface area contributed by atoms with E-state index >= 15 is 0 Å². The Morgan fingerprint density at radius 1 is 1.50 bits per heavy atom. The third-order valence-corrected chi connectivity index (χ3v) is 2.07. The van der Waals surface area contributed by atoms with Crippen molar-refractivity contribution in [2.24, 2.45) is 0 Å². The third-order valence-electron chi connectivity index (χ3n) is 2.07. The van der Waals surface area contributed by atoms with Gasteiger partial charge in [0.05, 0.1) is 12.1 Å². The first-order chi connectivity index (χ1) is 6.74. The first-order valence-corrected chi connectivity index (χ1v) is 4.25. The average molecular weight is 195 g/mol. The highest BCUT2D eigenvalue weighted by Gasteiger charge is 2.10. The summed E-state index contributed by atoms with van der Waals surface area (Å²) in [4.78, 5) is 3.98. The van der Waals surface area contributed by atoms with Crippen LogP contribution in [-0.2, 0) is 6.54 Å². The number of aliphatic hydroxyl groups excluding tert-OH is 1. The molecule has 1 aromatic heterocycles. The summed E-state index contributed by atoms with van der Waals surface area (Å²) < 4.78 is 14.8. The summed E-state index contributed by atoms with van der Waals surface area (Å²) in [6, 6.07) is 4.60. The molecule has 1 aromatic carbocycles. The summed E-state index contributed by atoms with van der Waals surface area (Å²) in [6.45, 7) is 0.160. The quantitative estimate of drug-likeness (QED) is 0.743. The molecular weight excluding hydrogens is 185 g/mol. The minimum absolute atomic E-state index is 0.0933. The summed E-state index contributed by atoms with van der Waals surface area (Å²) in [5.74, 6) is -0.153. The lowest BCUT2D eigenvalue weighted by Crippen LogP contribution is -2.06. The van der Waals surface area contributed by atoms with Gasteiger partial charge in [-0.1, -0.05) is 6.07 Å². The van der Waals surface area contributed by atoms with E-state index in [1.807, 2.05) is 0 Å². The van der Waals surface area contributed by atoms with Crippen molar-refractivity contribution in [2.75, 3.05) is 12.3 Å². The number of rotatable bonds is 2. The van der Waals surface area contributed by atoms with E-state index in [9.17, 15) is 4.39 Å². The molecule has 5 heteroatoms. The van der Waals surface area contributed by atoms with Gasteiger partial charge in [-0.25, -0.2) is 9.37 Å². The molecule has 0 spiro atoms. The molecule has 3 N–H and O–H groups in total. The molecule has 1 heterocycles. The number of halogens is 1. The number of hydrogen-bond acceptors (Lipinski definition) is 3. The number of nitrogens with zero attached hydrogens (tertiary/aromatic N) is 2.